The first kappa shape index (κ1) is 15.6. The zero-order chi connectivity index (χ0) is 13.1. The smallest absolute Gasteiger partial charge is 0.109 e. The molecule has 0 amide bonds. The van der Waals surface area contributed by atoms with Gasteiger partial charge in [0.2, 0.25) is 0 Å². The van der Waals surface area contributed by atoms with E-state index in [-0.39, 0.29) is 0 Å². The monoisotopic (exact) mass is 268 g/mol. The first-order valence-electron chi connectivity index (χ1n) is 7.51. The quantitative estimate of drug-likeness (QED) is 0.575. The molecule has 2 nitrogen and oxygen atoms in total. The van der Waals surface area contributed by atoms with Crippen molar-refractivity contribution in [2.75, 3.05) is 6.54 Å². The van der Waals surface area contributed by atoms with Gasteiger partial charge in [-0.25, -0.2) is 4.98 Å². The Morgan fingerprint density at radius 1 is 1.11 bits per heavy atom. The summed E-state index contributed by atoms with van der Waals surface area (Å²) >= 11 is 1.77. The zero-order valence-corrected chi connectivity index (χ0v) is 12.8. The molecule has 0 radical (unpaired) electrons. The van der Waals surface area contributed by atoms with Gasteiger partial charge in [0.1, 0.15) is 5.01 Å². The number of hydrogen-bond acceptors (Lipinski definition) is 3. The first-order chi connectivity index (χ1) is 8.88. The van der Waals surface area contributed by atoms with Gasteiger partial charge in [-0.3, -0.25) is 0 Å². The summed E-state index contributed by atoms with van der Waals surface area (Å²) in [5, 5.41) is 6.87. The van der Waals surface area contributed by atoms with E-state index >= 15 is 0 Å². The highest BCUT2D eigenvalue weighted by Gasteiger charge is 2.11. The molecule has 1 atom stereocenters. The van der Waals surface area contributed by atoms with Gasteiger partial charge in [-0.05, 0) is 13.0 Å². The second kappa shape index (κ2) is 10.5. The van der Waals surface area contributed by atoms with Gasteiger partial charge >= 0.3 is 0 Å². The molecule has 1 unspecified atom stereocenters. The van der Waals surface area contributed by atoms with Crippen LogP contribution in [0.2, 0.25) is 0 Å². The third-order valence-corrected chi connectivity index (χ3v) is 4.19. The first-order valence-corrected chi connectivity index (χ1v) is 8.39. The molecular formula is C15H28N2S. The Bertz CT molecular complexity index is 272. The Morgan fingerprint density at radius 3 is 2.44 bits per heavy atom. The van der Waals surface area contributed by atoms with Crippen molar-refractivity contribution in [3.05, 3.63) is 16.6 Å². The molecule has 18 heavy (non-hydrogen) atoms. The van der Waals surface area contributed by atoms with E-state index in [2.05, 4.69) is 29.5 Å². The molecule has 1 aromatic heterocycles. The molecule has 0 spiro atoms. The summed E-state index contributed by atoms with van der Waals surface area (Å²) in [6, 6.07) is 0.477. The van der Waals surface area contributed by atoms with Crippen LogP contribution in [0.1, 0.15) is 76.3 Å². The number of thiazole rings is 1. The van der Waals surface area contributed by atoms with Crippen molar-refractivity contribution in [2.45, 2.75) is 71.3 Å². The molecule has 0 aromatic carbocycles. The third-order valence-electron chi connectivity index (χ3n) is 3.30. The fourth-order valence-electron chi connectivity index (χ4n) is 2.27. The standard InChI is InChI=1S/C15H28N2S/c1-3-5-6-7-8-9-10-11-14(16-4-2)15-17-12-13-18-15/h12-14,16H,3-11H2,1-2H3. The Labute approximate surface area is 116 Å². The molecule has 1 aromatic rings. The number of nitrogens with zero attached hydrogens (tertiary/aromatic N) is 1. The minimum Gasteiger partial charge on any atom is -0.308 e. The molecule has 0 saturated heterocycles. The minimum absolute atomic E-state index is 0.477. The van der Waals surface area contributed by atoms with E-state index < -0.39 is 0 Å². The van der Waals surface area contributed by atoms with Gasteiger partial charge in [-0.2, -0.15) is 0 Å². The molecule has 1 heterocycles. The van der Waals surface area contributed by atoms with Crippen LogP contribution >= 0.6 is 11.3 Å². The Kier molecular flexibility index (Phi) is 9.13. The largest absolute Gasteiger partial charge is 0.308 e. The molecule has 1 rings (SSSR count). The Balaban J connectivity index is 2.11. The van der Waals surface area contributed by atoms with Gasteiger partial charge < -0.3 is 5.32 Å². The Hall–Kier alpha value is -0.410. The molecule has 3 heteroatoms. The molecule has 0 aliphatic rings. The summed E-state index contributed by atoms with van der Waals surface area (Å²) in [6.45, 7) is 5.47. The molecule has 0 bridgehead atoms. The summed E-state index contributed by atoms with van der Waals surface area (Å²) in [5.41, 5.74) is 0. The van der Waals surface area contributed by atoms with Crippen LogP contribution in [-0.2, 0) is 0 Å². The maximum absolute atomic E-state index is 4.43. The third kappa shape index (κ3) is 6.50. The van der Waals surface area contributed by atoms with E-state index in [9.17, 15) is 0 Å². The van der Waals surface area contributed by atoms with Crippen LogP contribution < -0.4 is 5.32 Å². The SMILES string of the molecule is CCCCCCCCCC(NCC)c1nccs1. The lowest BCUT2D eigenvalue weighted by Gasteiger charge is -2.15. The fourth-order valence-corrected chi connectivity index (χ4v) is 3.02. The molecular weight excluding hydrogens is 240 g/mol. The highest BCUT2D eigenvalue weighted by atomic mass is 32.1. The minimum atomic E-state index is 0.477. The maximum atomic E-state index is 4.43. The van der Waals surface area contributed by atoms with Crippen molar-refractivity contribution < 1.29 is 0 Å². The van der Waals surface area contributed by atoms with Gasteiger partial charge in [0, 0.05) is 11.6 Å². The second-order valence-electron chi connectivity index (χ2n) is 4.89. The predicted molar refractivity (Wildman–Crippen MR) is 81.1 cm³/mol. The van der Waals surface area contributed by atoms with Crippen molar-refractivity contribution in [3.63, 3.8) is 0 Å². The average Bonchev–Trinajstić information content (AvgIpc) is 2.90. The van der Waals surface area contributed by atoms with Crippen LogP contribution in [0.15, 0.2) is 11.6 Å². The van der Waals surface area contributed by atoms with Crippen molar-refractivity contribution in [1.29, 1.82) is 0 Å². The number of aromatic nitrogens is 1. The summed E-state index contributed by atoms with van der Waals surface area (Å²) in [5.74, 6) is 0. The predicted octanol–water partition coefficient (Wildman–Crippen LogP) is 4.93. The van der Waals surface area contributed by atoms with E-state index in [1.807, 2.05) is 6.20 Å². The Morgan fingerprint density at radius 2 is 1.83 bits per heavy atom. The molecule has 0 saturated carbocycles. The maximum Gasteiger partial charge on any atom is 0.109 e. The molecule has 0 fully saturated rings. The lowest BCUT2D eigenvalue weighted by atomic mass is 10.1. The van der Waals surface area contributed by atoms with Crippen LogP contribution in [0.5, 0.6) is 0 Å². The molecule has 0 aliphatic carbocycles. The lowest BCUT2D eigenvalue weighted by molar-refractivity contribution is 0.474. The van der Waals surface area contributed by atoms with E-state index in [0.29, 0.717) is 6.04 Å². The van der Waals surface area contributed by atoms with Crippen LogP contribution in [0.3, 0.4) is 0 Å². The second-order valence-corrected chi connectivity index (χ2v) is 5.82. The van der Waals surface area contributed by atoms with E-state index in [1.54, 1.807) is 11.3 Å². The summed E-state index contributed by atoms with van der Waals surface area (Å²) in [7, 11) is 0. The van der Waals surface area contributed by atoms with Gasteiger partial charge in [0.05, 0.1) is 6.04 Å². The molecule has 1 N–H and O–H groups in total. The highest BCUT2D eigenvalue weighted by molar-refractivity contribution is 7.09. The van der Waals surface area contributed by atoms with Crippen LogP contribution in [0, 0.1) is 0 Å². The number of unbranched alkanes of at least 4 members (excludes halogenated alkanes) is 6. The van der Waals surface area contributed by atoms with Crippen LogP contribution in [-0.4, -0.2) is 11.5 Å². The summed E-state index contributed by atoms with van der Waals surface area (Å²) in [4.78, 5) is 4.43. The normalized spacial score (nSPS) is 12.8. The van der Waals surface area contributed by atoms with Gasteiger partial charge in [-0.1, -0.05) is 58.8 Å². The summed E-state index contributed by atoms with van der Waals surface area (Å²) < 4.78 is 0. The van der Waals surface area contributed by atoms with E-state index in [0.717, 1.165) is 6.54 Å². The fraction of sp³-hybridized carbons (Fsp3) is 0.800. The number of nitrogens with one attached hydrogen (secondary N) is 1. The van der Waals surface area contributed by atoms with Crippen LogP contribution in [0.25, 0.3) is 0 Å². The highest BCUT2D eigenvalue weighted by Crippen LogP contribution is 2.22. The van der Waals surface area contributed by atoms with Crippen molar-refractivity contribution in [2.24, 2.45) is 0 Å². The number of hydrogen-bond donors (Lipinski definition) is 1. The van der Waals surface area contributed by atoms with Gasteiger partial charge in [0.25, 0.3) is 0 Å². The van der Waals surface area contributed by atoms with E-state index in [4.69, 9.17) is 0 Å². The average molecular weight is 268 g/mol. The molecule has 0 aliphatic heterocycles. The lowest BCUT2D eigenvalue weighted by Crippen LogP contribution is -2.20. The summed E-state index contributed by atoms with van der Waals surface area (Å²) in [6.07, 6.45) is 12.8. The van der Waals surface area contributed by atoms with Crippen molar-refractivity contribution in [3.8, 4) is 0 Å². The molecule has 104 valence electrons. The topological polar surface area (TPSA) is 24.9 Å². The zero-order valence-electron chi connectivity index (χ0n) is 12.0. The van der Waals surface area contributed by atoms with Crippen molar-refractivity contribution in [1.82, 2.24) is 10.3 Å². The van der Waals surface area contributed by atoms with Crippen LogP contribution in [0.4, 0.5) is 0 Å². The van der Waals surface area contributed by atoms with E-state index in [1.165, 1.54) is 56.4 Å². The number of rotatable bonds is 11. The van der Waals surface area contributed by atoms with Crippen molar-refractivity contribution >= 4 is 11.3 Å². The van der Waals surface area contributed by atoms with Gasteiger partial charge in [-0.15, -0.1) is 11.3 Å². The van der Waals surface area contributed by atoms with Gasteiger partial charge in [0.15, 0.2) is 0 Å².